The number of carbonyl (C=O) groups is 1. The van der Waals surface area contributed by atoms with Crippen LogP contribution in [0, 0.1) is 11.7 Å². The monoisotopic (exact) mass is 433 g/mol. The highest BCUT2D eigenvalue weighted by atomic mass is 19.1. The van der Waals surface area contributed by atoms with Crippen molar-refractivity contribution in [2.75, 3.05) is 31.1 Å². The number of hydrogen-bond donors (Lipinski definition) is 0. The van der Waals surface area contributed by atoms with Gasteiger partial charge in [0.15, 0.2) is 0 Å². The number of rotatable bonds is 9. The minimum atomic E-state index is -0.233. The van der Waals surface area contributed by atoms with E-state index in [1.807, 2.05) is 46.2 Å². The van der Waals surface area contributed by atoms with E-state index in [-0.39, 0.29) is 11.8 Å². The summed E-state index contributed by atoms with van der Waals surface area (Å²) >= 11 is 0. The molecule has 5 nitrogen and oxygen atoms in total. The number of benzene rings is 2. The third-order valence-electron chi connectivity index (χ3n) is 5.87. The van der Waals surface area contributed by atoms with Gasteiger partial charge >= 0.3 is 6.03 Å². The molecule has 1 fully saturated rings. The van der Waals surface area contributed by atoms with Crippen LogP contribution in [0.25, 0.3) is 11.1 Å². The zero-order valence-corrected chi connectivity index (χ0v) is 18.3. The Bertz CT molecular complexity index is 1010. The minimum absolute atomic E-state index is 0.0703. The molecule has 2 aromatic carbocycles. The van der Waals surface area contributed by atoms with Gasteiger partial charge < -0.3 is 9.64 Å². The van der Waals surface area contributed by atoms with Crippen LogP contribution in [0.15, 0.2) is 73.1 Å². The lowest BCUT2D eigenvalue weighted by Gasteiger charge is -2.20. The summed E-state index contributed by atoms with van der Waals surface area (Å²) in [6, 6.07) is 18.1. The molecule has 1 aliphatic heterocycles. The second kappa shape index (κ2) is 10.3. The molecule has 0 spiro atoms. The molecule has 1 aromatic heterocycles. The van der Waals surface area contributed by atoms with Crippen LogP contribution in [-0.4, -0.2) is 42.2 Å². The first-order valence-corrected chi connectivity index (χ1v) is 11.1. The van der Waals surface area contributed by atoms with Crippen LogP contribution in [0.4, 0.5) is 14.9 Å². The van der Waals surface area contributed by atoms with Gasteiger partial charge in [0, 0.05) is 37.7 Å². The van der Waals surface area contributed by atoms with Crippen LogP contribution in [-0.2, 0) is 0 Å². The fraction of sp³-hybridized carbons (Fsp3) is 0.308. The molecule has 1 aliphatic rings. The fourth-order valence-electron chi connectivity index (χ4n) is 3.84. The lowest BCUT2D eigenvalue weighted by molar-refractivity contribution is 0.214. The number of anilines is 1. The van der Waals surface area contributed by atoms with Crippen LogP contribution in [0.3, 0.4) is 0 Å². The molecule has 0 radical (unpaired) electrons. The second-order valence-electron chi connectivity index (χ2n) is 8.19. The lowest BCUT2D eigenvalue weighted by atomic mass is 10.0. The molecule has 6 heteroatoms. The van der Waals surface area contributed by atoms with E-state index in [0.717, 1.165) is 48.5 Å². The first-order valence-electron chi connectivity index (χ1n) is 11.1. The molecule has 0 bridgehead atoms. The number of ether oxygens (including phenoxy) is 1. The Kier molecular flexibility index (Phi) is 7.00. The topological polar surface area (TPSA) is 45.7 Å². The summed E-state index contributed by atoms with van der Waals surface area (Å²) < 4.78 is 19.0. The van der Waals surface area contributed by atoms with Crippen molar-refractivity contribution >= 4 is 11.7 Å². The van der Waals surface area contributed by atoms with Crippen LogP contribution >= 0.6 is 0 Å². The van der Waals surface area contributed by atoms with Gasteiger partial charge in [-0.25, -0.2) is 9.18 Å². The summed E-state index contributed by atoms with van der Waals surface area (Å²) in [5, 5.41) is 0. The number of hydrogen-bond acceptors (Lipinski definition) is 3. The molecule has 1 atom stereocenters. The van der Waals surface area contributed by atoms with Crippen molar-refractivity contribution in [1.29, 1.82) is 0 Å². The maximum absolute atomic E-state index is 13.1. The quantitative estimate of drug-likeness (QED) is 0.440. The van der Waals surface area contributed by atoms with Gasteiger partial charge in [0.05, 0.1) is 6.61 Å². The number of aromatic nitrogens is 1. The molecule has 32 heavy (non-hydrogen) atoms. The minimum Gasteiger partial charge on any atom is -0.494 e. The molecule has 1 unspecified atom stereocenters. The smallest absolute Gasteiger partial charge is 0.324 e. The summed E-state index contributed by atoms with van der Waals surface area (Å²) in [6.07, 6.45) is 5.30. The van der Waals surface area contributed by atoms with Gasteiger partial charge in [-0.3, -0.25) is 9.88 Å². The van der Waals surface area contributed by atoms with Gasteiger partial charge in [-0.05, 0) is 66.3 Å². The van der Waals surface area contributed by atoms with E-state index in [2.05, 4.69) is 11.9 Å². The molecular weight excluding hydrogens is 405 g/mol. The van der Waals surface area contributed by atoms with E-state index in [1.54, 1.807) is 24.5 Å². The molecule has 0 saturated carbocycles. The van der Waals surface area contributed by atoms with Gasteiger partial charge in [-0.15, -0.1) is 0 Å². The zero-order valence-electron chi connectivity index (χ0n) is 18.3. The predicted octanol–water partition coefficient (Wildman–Crippen LogP) is 5.63. The van der Waals surface area contributed by atoms with Crippen molar-refractivity contribution in [2.24, 2.45) is 5.92 Å². The van der Waals surface area contributed by atoms with Crippen molar-refractivity contribution < 1.29 is 13.9 Å². The van der Waals surface area contributed by atoms with Crippen molar-refractivity contribution in [3.05, 3.63) is 78.9 Å². The average Bonchev–Trinajstić information content (AvgIpc) is 3.19. The number of pyridine rings is 1. The lowest BCUT2D eigenvalue weighted by Crippen LogP contribution is -2.33. The largest absolute Gasteiger partial charge is 0.494 e. The Morgan fingerprint density at radius 1 is 0.938 bits per heavy atom. The van der Waals surface area contributed by atoms with Gasteiger partial charge in [-0.2, -0.15) is 0 Å². The Morgan fingerprint density at radius 3 is 2.28 bits per heavy atom. The van der Waals surface area contributed by atoms with Crippen molar-refractivity contribution in [1.82, 2.24) is 9.88 Å². The standard InChI is InChI=1S/C26H28FN3O2/c1-20(12-16-29-17-18-30(26(29)31)24-10-14-28-15-11-24)13-19-32-25-8-4-22(5-9-25)21-2-6-23(27)7-3-21/h2-11,14-15,20H,12-13,16-19H2,1H3. The molecule has 2 amide bonds. The van der Waals surface area contributed by atoms with Gasteiger partial charge in [-0.1, -0.05) is 31.2 Å². The second-order valence-corrected chi connectivity index (χ2v) is 8.19. The summed E-state index contributed by atoms with van der Waals surface area (Å²) in [4.78, 5) is 20.4. The third kappa shape index (κ3) is 5.44. The maximum Gasteiger partial charge on any atom is 0.324 e. The Balaban J connectivity index is 1.18. The van der Waals surface area contributed by atoms with Crippen LogP contribution in [0.2, 0.25) is 0 Å². The predicted molar refractivity (Wildman–Crippen MR) is 124 cm³/mol. The van der Waals surface area contributed by atoms with E-state index in [4.69, 9.17) is 4.74 Å². The number of carbonyl (C=O) groups excluding carboxylic acids is 1. The van der Waals surface area contributed by atoms with Gasteiger partial charge in [0.2, 0.25) is 0 Å². The van der Waals surface area contributed by atoms with Crippen LogP contribution in [0.1, 0.15) is 19.8 Å². The van der Waals surface area contributed by atoms with E-state index >= 15 is 0 Å². The summed E-state index contributed by atoms with van der Waals surface area (Å²) in [7, 11) is 0. The fourth-order valence-corrected chi connectivity index (χ4v) is 3.84. The molecule has 0 N–H and O–H groups in total. The Labute approximate surface area is 188 Å². The molecule has 4 rings (SSSR count). The van der Waals surface area contributed by atoms with Crippen molar-refractivity contribution in [2.45, 2.75) is 19.8 Å². The zero-order chi connectivity index (χ0) is 22.3. The van der Waals surface area contributed by atoms with Crippen molar-refractivity contribution in [3.63, 3.8) is 0 Å². The highest BCUT2D eigenvalue weighted by molar-refractivity contribution is 5.94. The third-order valence-corrected chi connectivity index (χ3v) is 5.87. The Morgan fingerprint density at radius 2 is 1.59 bits per heavy atom. The van der Waals surface area contributed by atoms with E-state index in [9.17, 15) is 9.18 Å². The summed E-state index contributed by atoms with van der Waals surface area (Å²) in [5.74, 6) is 1.05. The Hall–Kier alpha value is -3.41. The SMILES string of the molecule is CC(CCOc1ccc(-c2ccc(F)cc2)cc1)CCN1CCN(c2ccncc2)C1=O. The molecule has 2 heterocycles. The number of urea groups is 1. The molecule has 166 valence electrons. The first-order chi connectivity index (χ1) is 15.6. The number of amides is 2. The van der Waals surface area contributed by atoms with E-state index in [1.165, 1.54) is 12.1 Å². The molecule has 3 aromatic rings. The normalized spacial score (nSPS) is 14.6. The summed E-state index contributed by atoms with van der Waals surface area (Å²) in [6.45, 7) is 5.06. The van der Waals surface area contributed by atoms with Gasteiger partial charge in [0.25, 0.3) is 0 Å². The number of halogens is 1. The van der Waals surface area contributed by atoms with Gasteiger partial charge in [0.1, 0.15) is 11.6 Å². The highest BCUT2D eigenvalue weighted by Gasteiger charge is 2.29. The maximum atomic E-state index is 13.1. The van der Waals surface area contributed by atoms with Crippen LogP contribution < -0.4 is 9.64 Å². The molecule has 0 aliphatic carbocycles. The van der Waals surface area contributed by atoms with Crippen LogP contribution in [0.5, 0.6) is 5.75 Å². The molecular formula is C26H28FN3O2. The highest BCUT2D eigenvalue weighted by Crippen LogP contribution is 2.24. The number of nitrogens with zero attached hydrogens (tertiary/aromatic N) is 3. The molecule has 1 saturated heterocycles. The van der Waals surface area contributed by atoms with E-state index in [0.29, 0.717) is 19.1 Å². The van der Waals surface area contributed by atoms with E-state index < -0.39 is 0 Å². The average molecular weight is 434 g/mol. The first kappa shape index (κ1) is 21.8. The van der Waals surface area contributed by atoms with Crippen molar-refractivity contribution in [3.8, 4) is 16.9 Å². The summed E-state index contributed by atoms with van der Waals surface area (Å²) in [5.41, 5.74) is 2.91.